The topological polar surface area (TPSA) is 18.5 Å². The lowest BCUT2D eigenvalue weighted by Crippen LogP contribution is -2.41. The zero-order chi connectivity index (χ0) is 19.3. The standard InChI is InChI=1S/C22H37BO2/c1-11-16-15-17(23-24-21(7,8)22(9,10)25-23)13-14-18(16)20(5,6)19(3,4)12-2/h13-15H,11-12H2,1-10H3. The molecular formula is C22H37BO2. The predicted octanol–water partition coefficient (Wildman–Crippen LogP) is 5.26. The van der Waals surface area contributed by atoms with Crippen LogP contribution in [-0.4, -0.2) is 18.3 Å². The first kappa shape index (κ1) is 20.5. The Labute approximate surface area is 155 Å². The number of rotatable bonds is 5. The SMILES string of the molecule is CCc1cc(B2OC(C)(C)C(C)(C)O2)ccc1C(C)(C)C(C)(C)CC. The first-order chi connectivity index (χ1) is 11.3. The second kappa shape index (κ2) is 6.42. The van der Waals surface area contributed by atoms with E-state index in [-0.39, 0.29) is 29.2 Å². The van der Waals surface area contributed by atoms with Crippen LogP contribution in [0.5, 0.6) is 0 Å². The molecule has 1 heterocycles. The number of hydrogen-bond donors (Lipinski definition) is 0. The highest BCUT2D eigenvalue weighted by Crippen LogP contribution is 2.45. The van der Waals surface area contributed by atoms with Gasteiger partial charge in [-0.15, -0.1) is 0 Å². The lowest BCUT2D eigenvalue weighted by molar-refractivity contribution is 0.00578. The van der Waals surface area contributed by atoms with Gasteiger partial charge in [-0.2, -0.15) is 0 Å². The van der Waals surface area contributed by atoms with E-state index < -0.39 is 0 Å². The molecule has 0 atom stereocenters. The third kappa shape index (κ3) is 3.42. The molecule has 0 aromatic heterocycles. The zero-order valence-corrected chi connectivity index (χ0v) is 18.0. The molecule has 0 radical (unpaired) electrons. The van der Waals surface area contributed by atoms with Crippen molar-refractivity contribution in [3.63, 3.8) is 0 Å². The normalized spacial score (nSPS) is 20.2. The largest absolute Gasteiger partial charge is 0.494 e. The van der Waals surface area contributed by atoms with Crippen LogP contribution >= 0.6 is 0 Å². The molecule has 0 amide bonds. The van der Waals surface area contributed by atoms with Crippen LogP contribution in [0.4, 0.5) is 0 Å². The molecule has 0 aliphatic carbocycles. The van der Waals surface area contributed by atoms with E-state index in [1.807, 2.05) is 0 Å². The first-order valence-electron chi connectivity index (χ1n) is 9.78. The molecule has 3 heteroatoms. The van der Waals surface area contributed by atoms with Gasteiger partial charge in [0.05, 0.1) is 11.2 Å². The van der Waals surface area contributed by atoms with Crippen molar-refractivity contribution >= 4 is 12.6 Å². The first-order valence-corrected chi connectivity index (χ1v) is 9.78. The summed E-state index contributed by atoms with van der Waals surface area (Å²) in [5.74, 6) is 0. The van der Waals surface area contributed by atoms with Crippen LogP contribution in [0.3, 0.4) is 0 Å². The summed E-state index contributed by atoms with van der Waals surface area (Å²) in [7, 11) is -0.286. The minimum Gasteiger partial charge on any atom is -0.399 e. The van der Waals surface area contributed by atoms with Crippen LogP contribution < -0.4 is 5.46 Å². The summed E-state index contributed by atoms with van der Waals surface area (Å²) in [5.41, 5.74) is 3.73. The van der Waals surface area contributed by atoms with Crippen molar-refractivity contribution in [2.24, 2.45) is 5.41 Å². The van der Waals surface area contributed by atoms with Gasteiger partial charge in [0.1, 0.15) is 0 Å². The van der Waals surface area contributed by atoms with Gasteiger partial charge >= 0.3 is 7.12 Å². The van der Waals surface area contributed by atoms with Crippen molar-refractivity contribution in [2.75, 3.05) is 0 Å². The Morgan fingerprint density at radius 2 is 1.44 bits per heavy atom. The second-order valence-electron chi connectivity index (χ2n) is 9.72. The molecule has 1 fully saturated rings. The number of aryl methyl sites for hydroxylation is 1. The Morgan fingerprint density at radius 3 is 1.88 bits per heavy atom. The second-order valence-corrected chi connectivity index (χ2v) is 9.72. The van der Waals surface area contributed by atoms with Gasteiger partial charge in [-0.25, -0.2) is 0 Å². The Hall–Kier alpha value is -0.795. The van der Waals surface area contributed by atoms with Gasteiger partial charge in [-0.3, -0.25) is 0 Å². The summed E-state index contributed by atoms with van der Waals surface area (Å²) >= 11 is 0. The highest BCUT2D eigenvalue weighted by molar-refractivity contribution is 6.62. The molecule has 0 spiro atoms. The molecule has 1 saturated heterocycles. The minimum atomic E-state index is -0.299. The summed E-state index contributed by atoms with van der Waals surface area (Å²) in [5, 5.41) is 0. The highest BCUT2D eigenvalue weighted by atomic mass is 16.7. The monoisotopic (exact) mass is 344 g/mol. The van der Waals surface area contributed by atoms with Gasteiger partial charge in [-0.1, -0.05) is 66.2 Å². The van der Waals surface area contributed by atoms with E-state index >= 15 is 0 Å². The maximum Gasteiger partial charge on any atom is 0.494 e. The van der Waals surface area contributed by atoms with E-state index in [2.05, 4.69) is 87.4 Å². The molecule has 25 heavy (non-hydrogen) atoms. The van der Waals surface area contributed by atoms with Crippen LogP contribution in [0.15, 0.2) is 18.2 Å². The molecule has 0 saturated carbocycles. The van der Waals surface area contributed by atoms with Crippen molar-refractivity contribution in [1.82, 2.24) is 0 Å². The van der Waals surface area contributed by atoms with Gasteiger partial charge in [-0.05, 0) is 61.5 Å². The van der Waals surface area contributed by atoms with Crippen molar-refractivity contribution in [3.8, 4) is 0 Å². The Balaban J connectivity index is 2.42. The van der Waals surface area contributed by atoms with E-state index in [1.54, 1.807) is 0 Å². The smallest absolute Gasteiger partial charge is 0.399 e. The fourth-order valence-corrected chi connectivity index (χ4v) is 3.45. The Kier molecular flexibility index (Phi) is 5.27. The van der Waals surface area contributed by atoms with Crippen LogP contribution in [-0.2, 0) is 21.1 Å². The molecule has 1 aliphatic rings. The lowest BCUT2D eigenvalue weighted by Gasteiger charge is -2.43. The highest BCUT2D eigenvalue weighted by Gasteiger charge is 2.51. The summed E-state index contributed by atoms with van der Waals surface area (Å²) in [4.78, 5) is 0. The molecule has 2 rings (SSSR count). The Bertz CT molecular complexity index is 613. The summed E-state index contributed by atoms with van der Waals surface area (Å²) < 4.78 is 12.5. The van der Waals surface area contributed by atoms with E-state index in [4.69, 9.17) is 9.31 Å². The molecule has 0 bridgehead atoms. The average Bonchev–Trinajstić information content (AvgIpc) is 2.74. The third-order valence-corrected chi connectivity index (χ3v) is 7.28. The zero-order valence-electron chi connectivity index (χ0n) is 18.0. The molecule has 140 valence electrons. The van der Waals surface area contributed by atoms with E-state index in [9.17, 15) is 0 Å². The summed E-state index contributed by atoms with van der Waals surface area (Å²) in [6, 6.07) is 6.80. The summed E-state index contributed by atoms with van der Waals surface area (Å²) in [6.07, 6.45) is 2.17. The van der Waals surface area contributed by atoms with Gasteiger partial charge in [0.15, 0.2) is 0 Å². The van der Waals surface area contributed by atoms with Crippen LogP contribution in [0, 0.1) is 5.41 Å². The fraction of sp³-hybridized carbons (Fsp3) is 0.727. The van der Waals surface area contributed by atoms with Gasteiger partial charge in [0.2, 0.25) is 0 Å². The predicted molar refractivity (Wildman–Crippen MR) is 109 cm³/mol. The number of benzene rings is 1. The maximum atomic E-state index is 6.24. The van der Waals surface area contributed by atoms with Gasteiger partial charge < -0.3 is 9.31 Å². The number of hydrogen-bond acceptors (Lipinski definition) is 2. The van der Waals surface area contributed by atoms with Crippen molar-refractivity contribution in [3.05, 3.63) is 29.3 Å². The minimum absolute atomic E-state index is 0.113. The van der Waals surface area contributed by atoms with Crippen molar-refractivity contribution in [1.29, 1.82) is 0 Å². The quantitative estimate of drug-likeness (QED) is 0.678. The maximum absolute atomic E-state index is 6.24. The van der Waals surface area contributed by atoms with E-state index in [0.717, 1.165) is 18.3 Å². The van der Waals surface area contributed by atoms with Crippen molar-refractivity contribution < 1.29 is 9.31 Å². The van der Waals surface area contributed by atoms with Gasteiger partial charge in [0, 0.05) is 0 Å². The molecule has 1 aromatic carbocycles. The van der Waals surface area contributed by atoms with Gasteiger partial charge in [0.25, 0.3) is 0 Å². The van der Waals surface area contributed by atoms with E-state index in [1.165, 1.54) is 11.1 Å². The van der Waals surface area contributed by atoms with Crippen molar-refractivity contribution in [2.45, 2.75) is 98.7 Å². The molecule has 2 nitrogen and oxygen atoms in total. The summed E-state index contributed by atoms with van der Waals surface area (Å²) in [6.45, 7) is 22.4. The molecule has 1 aliphatic heterocycles. The average molecular weight is 344 g/mol. The molecule has 0 unspecified atom stereocenters. The third-order valence-electron chi connectivity index (χ3n) is 7.28. The Morgan fingerprint density at radius 1 is 0.920 bits per heavy atom. The fourth-order valence-electron chi connectivity index (χ4n) is 3.45. The van der Waals surface area contributed by atoms with E-state index in [0.29, 0.717) is 0 Å². The van der Waals surface area contributed by atoms with Crippen LogP contribution in [0.1, 0.15) is 86.8 Å². The van der Waals surface area contributed by atoms with Crippen LogP contribution in [0.25, 0.3) is 0 Å². The molecule has 1 aromatic rings. The molecule has 0 N–H and O–H groups in total. The molecular weight excluding hydrogens is 307 g/mol. The lowest BCUT2D eigenvalue weighted by atomic mass is 9.61. The van der Waals surface area contributed by atoms with Crippen LogP contribution in [0.2, 0.25) is 0 Å².